The summed E-state index contributed by atoms with van der Waals surface area (Å²) in [5, 5.41) is 2.86. The average Bonchev–Trinajstić information content (AvgIpc) is 3.25. The molecule has 0 bridgehead atoms. The number of benzene rings is 2. The van der Waals surface area contributed by atoms with E-state index in [1.165, 1.54) is 6.07 Å². The molecule has 2 aromatic carbocycles. The molecule has 0 spiro atoms. The minimum absolute atomic E-state index is 0.172. The Kier molecular flexibility index (Phi) is 4.84. The van der Waals surface area contributed by atoms with Gasteiger partial charge in [-0.2, -0.15) is 0 Å². The number of rotatable bonds is 5. The molecule has 4 N–H and O–H groups in total. The summed E-state index contributed by atoms with van der Waals surface area (Å²) in [4.78, 5) is 22.8. The van der Waals surface area contributed by atoms with Gasteiger partial charge in [-0.1, -0.05) is 13.0 Å². The van der Waals surface area contributed by atoms with E-state index in [4.69, 9.17) is 10.7 Å². The Labute approximate surface area is 168 Å². The van der Waals surface area contributed by atoms with E-state index in [1.54, 1.807) is 12.1 Å². The van der Waals surface area contributed by atoms with Gasteiger partial charge in [-0.05, 0) is 55.9 Å². The number of amides is 1. The molecule has 1 amide bonds. The Morgan fingerprint density at radius 1 is 1.21 bits per heavy atom. The molecule has 29 heavy (non-hydrogen) atoms. The SMILES string of the molecule is CCN(C)Cc1nc(-c2ccc(-c3ccc(N)cc3F)c3c2C(=O)NC3)[nH]c1C. The molecule has 0 unspecified atom stereocenters. The standard InChI is InChI=1S/C22H24FN5O/c1-4-28(3)11-19-12(2)26-21(27-19)16-8-7-14(17-10-25-22(29)20(16)17)15-6-5-13(24)9-18(15)23/h5-9H,4,10-11,24H2,1-3H3,(H,25,29)(H,26,27). The number of nitrogens with zero attached hydrogens (tertiary/aromatic N) is 2. The molecule has 6 nitrogen and oxygen atoms in total. The van der Waals surface area contributed by atoms with Gasteiger partial charge in [0.1, 0.15) is 11.6 Å². The number of fused-ring (bicyclic) bond motifs is 1. The van der Waals surface area contributed by atoms with Gasteiger partial charge in [-0.3, -0.25) is 4.79 Å². The second-order valence-corrected chi connectivity index (χ2v) is 7.42. The van der Waals surface area contributed by atoms with E-state index < -0.39 is 5.82 Å². The van der Waals surface area contributed by atoms with Crippen LogP contribution in [0.3, 0.4) is 0 Å². The van der Waals surface area contributed by atoms with E-state index in [2.05, 4.69) is 22.1 Å². The van der Waals surface area contributed by atoms with Gasteiger partial charge in [0.05, 0.1) is 11.3 Å². The lowest BCUT2D eigenvalue weighted by Gasteiger charge is -2.12. The predicted molar refractivity (Wildman–Crippen MR) is 112 cm³/mol. The molecule has 150 valence electrons. The van der Waals surface area contributed by atoms with E-state index in [-0.39, 0.29) is 5.91 Å². The van der Waals surface area contributed by atoms with Crippen LogP contribution in [0.5, 0.6) is 0 Å². The van der Waals surface area contributed by atoms with E-state index >= 15 is 0 Å². The maximum Gasteiger partial charge on any atom is 0.252 e. The van der Waals surface area contributed by atoms with Crippen LogP contribution in [-0.2, 0) is 13.1 Å². The fourth-order valence-electron chi connectivity index (χ4n) is 3.69. The highest BCUT2D eigenvalue weighted by molar-refractivity contribution is 6.06. The van der Waals surface area contributed by atoms with Gasteiger partial charge in [-0.15, -0.1) is 0 Å². The topological polar surface area (TPSA) is 87.0 Å². The number of nitrogen functional groups attached to an aromatic ring is 1. The molecular weight excluding hydrogens is 369 g/mol. The lowest BCUT2D eigenvalue weighted by molar-refractivity contribution is 0.0966. The number of carbonyl (C=O) groups is 1. The summed E-state index contributed by atoms with van der Waals surface area (Å²) in [7, 11) is 2.04. The number of anilines is 1. The zero-order valence-electron chi connectivity index (χ0n) is 16.8. The number of hydrogen-bond acceptors (Lipinski definition) is 4. The molecule has 2 heterocycles. The second-order valence-electron chi connectivity index (χ2n) is 7.42. The molecule has 1 aromatic heterocycles. The first-order chi connectivity index (χ1) is 13.9. The van der Waals surface area contributed by atoms with Gasteiger partial charge < -0.3 is 20.9 Å². The van der Waals surface area contributed by atoms with E-state index in [1.807, 2.05) is 26.1 Å². The molecule has 4 rings (SSSR count). The van der Waals surface area contributed by atoms with E-state index in [0.717, 1.165) is 35.6 Å². The Morgan fingerprint density at radius 2 is 1.93 bits per heavy atom. The summed E-state index contributed by atoms with van der Waals surface area (Å²) < 4.78 is 14.5. The number of carbonyl (C=O) groups excluding carboxylic acids is 1. The lowest BCUT2D eigenvalue weighted by atomic mass is 9.92. The molecule has 7 heteroatoms. The number of halogens is 1. The maximum absolute atomic E-state index is 14.5. The first kappa shape index (κ1) is 19.1. The number of hydrogen-bond donors (Lipinski definition) is 3. The molecule has 0 radical (unpaired) electrons. The zero-order chi connectivity index (χ0) is 20.7. The van der Waals surface area contributed by atoms with Crippen molar-refractivity contribution in [3.63, 3.8) is 0 Å². The molecule has 0 fully saturated rings. The van der Waals surface area contributed by atoms with Crippen molar-refractivity contribution in [3.05, 3.63) is 58.7 Å². The monoisotopic (exact) mass is 393 g/mol. The third-order valence-corrected chi connectivity index (χ3v) is 5.45. The Bertz CT molecular complexity index is 1100. The van der Waals surface area contributed by atoms with Crippen LogP contribution in [0.1, 0.15) is 34.2 Å². The van der Waals surface area contributed by atoms with Crippen LogP contribution in [0.15, 0.2) is 30.3 Å². The van der Waals surface area contributed by atoms with Gasteiger partial charge in [-0.25, -0.2) is 9.37 Å². The highest BCUT2D eigenvalue weighted by Gasteiger charge is 2.28. The highest BCUT2D eigenvalue weighted by Crippen LogP contribution is 2.36. The number of nitrogens with one attached hydrogen (secondary N) is 2. The quantitative estimate of drug-likeness (QED) is 0.579. The van der Waals surface area contributed by atoms with Crippen molar-refractivity contribution in [3.8, 4) is 22.5 Å². The van der Waals surface area contributed by atoms with Gasteiger partial charge in [0, 0.05) is 35.6 Å². The number of aromatic amines is 1. The Hall–Kier alpha value is -3.19. The second kappa shape index (κ2) is 7.33. The van der Waals surface area contributed by atoms with Crippen LogP contribution in [0, 0.1) is 12.7 Å². The summed E-state index contributed by atoms with van der Waals surface area (Å²) >= 11 is 0. The van der Waals surface area contributed by atoms with Gasteiger partial charge in [0.2, 0.25) is 0 Å². The third-order valence-electron chi connectivity index (χ3n) is 5.45. The highest BCUT2D eigenvalue weighted by atomic mass is 19.1. The summed E-state index contributed by atoms with van der Waals surface area (Å²) in [5.74, 6) is 0.0756. The van der Waals surface area contributed by atoms with Crippen molar-refractivity contribution in [2.24, 2.45) is 0 Å². The maximum atomic E-state index is 14.5. The molecular formula is C22H24FN5O. The average molecular weight is 393 g/mol. The van der Waals surface area contributed by atoms with Crippen molar-refractivity contribution in [1.29, 1.82) is 0 Å². The normalized spacial score (nSPS) is 13.1. The van der Waals surface area contributed by atoms with Crippen molar-refractivity contribution < 1.29 is 9.18 Å². The number of imidazole rings is 1. The van der Waals surface area contributed by atoms with Crippen molar-refractivity contribution in [2.75, 3.05) is 19.3 Å². The molecule has 3 aromatic rings. The number of aromatic nitrogens is 2. The number of aryl methyl sites for hydroxylation is 1. The fourth-order valence-corrected chi connectivity index (χ4v) is 3.69. The number of H-pyrrole nitrogens is 1. The van der Waals surface area contributed by atoms with Crippen LogP contribution in [-0.4, -0.2) is 34.4 Å². The molecule has 0 aliphatic carbocycles. The molecule has 1 aliphatic heterocycles. The molecule has 1 aliphatic rings. The molecule has 0 saturated carbocycles. The smallest absolute Gasteiger partial charge is 0.252 e. The lowest BCUT2D eigenvalue weighted by Crippen LogP contribution is -2.17. The number of nitrogens with two attached hydrogens (primary N) is 1. The van der Waals surface area contributed by atoms with Crippen molar-refractivity contribution >= 4 is 11.6 Å². The largest absolute Gasteiger partial charge is 0.399 e. The predicted octanol–water partition coefficient (Wildman–Crippen LogP) is 3.47. The molecule has 0 saturated heterocycles. The Morgan fingerprint density at radius 3 is 2.66 bits per heavy atom. The first-order valence-electron chi connectivity index (χ1n) is 9.63. The van der Waals surface area contributed by atoms with E-state index in [9.17, 15) is 9.18 Å². The van der Waals surface area contributed by atoms with Crippen LogP contribution < -0.4 is 11.1 Å². The van der Waals surface area contributed by atoms with Crippen molar-refractivity contribution in [1.82, 2.24) is 20.2 Å². The zero-order valence-corrected chi connectivity index (χ0v) is 16.8. The van der Waals surface area contributed by atoms with Crippen LogP contribution in [0.25, 0.3) is 22.5 Å². The van der Waals surface area contributed by atoms with Gasteiger partial charge in [0.15, 0.2) is 0 Å². The summed E-state index contributed by atoms with van der Waals surface area (Å²) in [5.41, 5.74) is 11.1. The molecule has 0 atom stereocenters. The van der Waals surface area contributed by atoms with Crippen LogP contribution in [0.2, 0.25) is 0 Å². The Balaban J connectivity index is 1.82. The van der Waals surface area contributed by atoms with E-state index in [0.29, 0.717) is 34.7 Å². The van der Waals surface area contributed by atoms with Crippen LogP contribution in [0.4, 0.5) is 10.1 Å². The minimum atomic E-state index is -0.405. The van der Waals surface area contributed by atoms with Gasteiger partial charge in [0.25, 0.3) is 5.91 Å². The van der Waals surface area contributed by atoms with Crippen LogP contribution >= 0.6 is 0 Å². The van der Waals surface area contributed by atoms with Gasteiger partial charge >= 0.3 is 0 Å². The first-order valence-corrected chi connectivity index (χ1v) is 9.63. The fraction of sp³-hybridized carbons (Fsp3) is 0.273. The summed E-state index contributed by atoms with van der Waals surface area (Å²) in [6, 6.07) is 8.29. The summed E-state index contributed by atoms with van der Waals surface area (Å²) in [6.45, 7) is 6.07. The summed E-state index contributed by atoms with van der Waals surface area (Å²) in [6.07, 6.45) is 0. The van der Waals surface area contributed by atoms with Crippen molar-refractivity contribution in [2.45, 2.75) is 26.9 Å². The minimum Gasteiger partial charge on any atom is -0.399 e. The third kappa shape index (κ3) is 3.38.